The monoisotopic (exact) mass is 229 g/mol. The van der Waals surface area contributed by atoms with Crippen molar-refractivity contribution < 1.29 is 9.59 Å². The van der Waals surface area contributed by atoms with Gasteiger partial charge in [0, 0.05) is 24.9 Å². The highest BCUT2D eigenvalue weighted by Crippen LogP contribution is 2.23. The molecule has 87 valence electrons. The lowest BCUT2D eigenvalue weighted by Gasteiger charge is -2.30. The van der Waals surface area contributed by atoms with Crippen molar-refractivity contribution in [3.05, 3.63) is 29.6 Å². The van der Waals surface area contributed by atoms with Crippen LogP contribution in [0, 0.1) is 6.92 Å². The van der Waals surface area contributed by atoms with Gasteiger partial charge >= 0.3 is 0 Å². The Labute approximate surface area is 101 Å². The first-order chi connectivity index (χ1) is 8.20. The summed E-state index contributed by atoms with van der Waals surface area (Å²) < 4.78 is 0. The van der Waals surface area contributed by atoms with Gasteiger partial charge in [-0.05, 0) is 31.2 Å². The minimum Gasteiger partial charge on any atom is -0.339 e. The third-order valence-electron chi connectivity index (χ3n) is 3.05. The van der Waals surface area contributed by atoms with Crippen molar-refractivity contribution in [2.24, 2.45) is 0 Å². The van der Waals surface area contributed by atoms with Gasteiger partial charge in [-0.2, -0.15) is 0 Å². The van der Waals surface area contributed by atoms with Gasteiger partial charge in [-0.25, -0.2) is 0 Å². The first-order valence-corrected chi connectivity index (χ1v) is 5.68. The normalized spacial score (nSPS) is 21.2. The number of carbonyl (C=O) groups excluding carboxylic acids is 2. The molecule has 1 aromatic rings. The lowest BCUT2D eigenvalue weighted by Crippen LogP contribution is -2.42. The molecule has 0 amide bonds. The Balaban J connectivity index is 2.17. The summed E-state index contributed by atoms with van der Waals surface area (Å²) in [5, 5.41) is 0. The van der Waals surface area contributed by atoms with E-state index < -0.39 is 0 Å². The fraction of sp³-hybridized carbons (Fsp3) is 0.417. The highest BCUT2D eigenvalue weighted by molar-refractivity contribution is 6.64. The minimum absolute atomic E-state index is 0.137. The number of nitrogens with zero attached hydrogens (tertiary/aromatic N) is 2. The van der Waals surface area contributed by atoms with Gasteiger partial charge in [0.05, 0.1) is 12.1 Å². The van der Waals surface area contributed by atoms with Crippen LogP contribution in [0.3, 0.4) is 0 Å². The number of ketones is 1. The molecule has 17 heavy (non-hydrogen) atoms. The van der Waals surface area contributed by atoms with E-state index in [1.54, 1.807) is 6.20 Å². The highest BCUT2D eigenvalue weighted by Gasteiger charge is 2.28. The van der Waals surface area contributed by atoms with Crippen molar-refractivity contribution in [1.82, 2.24) is 9.79 Å². The van der Waals surface area contributed by atoms with Crippen LogP contribution in [-0.2, 0) is 9.59 Å². The van der Waals surface area contributed by atoms with Crippen LogP contribution in [0.5, 0.6) is 0 Å². The minimum atomic E-state index is -0.137. The SMILES string of the molecule is Cc1cc(C2CN([B]C=O)CCC2=O)ccn1. The van der Waals surface area contributed by atoms with Gasteiger partial charge in [0.15, 0.2) is 0 Å². The number of rotatable bonds is 3. The van der Waals surface area contributed by atoms with E-state index in [2.05, 4.69) is 4.98 Å². The van der Waals surface area contributed by atoms with Crippen LogP contribution in [0.25, 0.3) is 0 Å². The van der Waals surface area contributed by atoms with E-state index in [9.17, 15) is 9.59 Å². The summed E-state index contributed by atoms with van der Waals surface area (Å²) in [4.78, 5) is 28.4. The molecule has 1 fully saturated rings. The third kappa shape index (κ3) is 2.80. The second-order valence-electron chi connectivity index (χ2n) is 4.28. The number of aromatic nitrogens is 1. The van der Waals surface area contributed by atoms with Gasteiger partial charge in [0.1, 0.15) is 5.78 Å². The van der Waals surface area contributed by atoms with Gasteiger partial charge in [-0.15, -0.1) is 0 Å². The number of hydrogen-bond donors (Lipinski definition) is 0. The van der Waals surface area contributed by atoms with Crippen molar-refractivity contribution >= 4 is 19.4 Å². The third-order valence-corrected chi connectivity index (χ3v) is 3.05. The topological polar surface area (TPSA) is 50.3 Å². The Hall–Kier alpha value is -1.49. The van der Waals surface area contributed by atoms with Crippen LogP contribution < -0.4 is 0 Å². The van der Waals surface area contributed by atoms with Crippen LogP contribution in [0.1, 0.15) is 23.6 Å². The van der Waals surface area contributed by atoms with E-state index in [0.717, 1.165) is 17.4 Å². The maximum atomic E-state index is 11.9. The lowest BCUT2D eigenvalue weighted by atomic mass is 9.83. The Morgan fingerprint density at radius 1 is 1.59 bits per heavy atom. The van der Waals surface area contributed by atoms with Gasteiger partial charge in [-0.3, -0.25) is 9.78 Å². The van der Waals surface area contributed by atoms with Crippen molar-refractivity contribution in [2.75, 3.05) is 13.1 Å². The summed E-state index contributed by atoms with van der Waals surface area (Å²) in [6.45, 7) is 3.13. The number of Topliss-reactive ketones (excluding diaryl/α,β-unsaturated/α-hetero) is 1. The number of hydrogen-bond acceptors (Lipinski definition) is 4. The highest BCUT2D eigenvalue weighted by atomic mass is 16.1. The van der Waals surface area contributed by atoms with Crippen LogP contribution >= 0.6 is 0 Å². The zero-order valence-electron chi connectivity index (χ0n) is 9.80. The van der Waals surface area contributed by atoms with Gasteiger partial charge < -0.3 is 9.61 Å². The average molecular weight is 229 g/mol. The van der Waals surface area contributed by atoms with E-state index >= 15 is 0 Å². The van der Waals surface area contributed by atoms with E-state index in [1.165, 1.54) is 7.41 Å². The summed E-state index contributed by atoms with van der Waals surface area (Å²) in [6.07, 6.45) is 2.99. The Kier molecular flexibility index (Phi) is 3.69. The number of piperidine rings is 1. The fourth-order valence-corrected chi connectivity index (χ4v) is 2.15. The maximum Gasteiger partial charge on any atom is 0.293 e. The van der Waals surface area contributed by atoms with Gasteiger partial charge in [-0.1, -0.05) is 0 Å². The molecule has 1 aliphatic rings. The second kappa shape index (κ2) is 5.23. The smallest absolute Gasteiger partial charge is 0.293 e. The Morgan fingerprint density at radius 3 is 3.12 bits per heavy atom. The van der Waals surface area contributed by atoms with Gasteiger partial charge in [0.25, 0.3) is 7.41 Å². The first kappa shape index (κ1) is 12.0. The lowest BCUT2D eigenvalue weighted by molar-refractivity contribution is -0.122. The molecular formula is C12H14BN2O2. The van der Waals surface area contributed by atoms with Crippen molar-refractivity contribution in [3.63, 3.8) is 0 Å². The summed E-state index contributed by atoms with van der Waals surface area (Å²) in [6, 6.07) is 3.81. The predicted octanol–water partition coefficient (Wildman–Crippen LogP) is 0.558. The van der Waals surface area contributed by atoms with Gasteiger partial charge in [0.2, 0.25) is 0 Å². The average Bonchev–Trinajstić information content (AvgIpc) is 2.32. The maximum absolute atomic E-state index is 11.9. The number of aryl methyl sites for hydroxylation is 1. The summed E-state index contributed by atoms with van der Waals surface area (Å²) in [5.74, 6) is 0.104. The largest absolute Gasteiger partial charge is 0.339 e. The van der Waals surface area contributed by atoms with Crippen molar-refractivity contribution in [2.45, 2.75) is 19.3 Å². The molecular weight excluding hydrogens is 215 g/mol. The van der Waals surface area contributed by atoms with E-state index in [0.29, 0.717) is 19.5 Å². The van der Waals surface area contributed by atoms with Crippen molar-refractivity contribution in [1.29, 1.82) is 0 Å². The van der Waals surface area contributed by atoms with Crippen LogP contribution in [0.4, 0.5) is 0 Å². The van der Waals surface area contributed by atoms with Crippen molar-refractivity contribution in [3.8, 4) is 0 Å². The van der Waals surface area contributed by atoms with Crippen LogP contribution in [0.15, 0.2) is 18.3 Å². The standard InChI is InChI=1S/C12H14BN2O2/c1-9-6-10(2-4-14-9)11-7-15(13-8-16)5-3-12(11)17/h2,4,6,8,11H,3,5,7H2,1H3. The first-order valence-electron chi connectivity index (χ1n) is 5.68. The molecule has 0 N–H and O–H groups in total. The fourth-order valence-electron chi connectivity index (χ4n) is 2.15. The van der Waals surface area contributed by atoms with E-state index in [4.69, 9.17) is 0 Å². The quantitative estimate of drug-likeness (QED) is 0.561. The Morgan fingerprint density at radius 2 is 2.41 bits per heavy atom. The number of carbonyl (C=O) groups is 2. The molecule has 0 aromatic carbocycles. The molecule has 1 atom stereocenters. The molecule has 1 unspecified atom stereocenters. The zero-order chi connectivity index (χ0) is 12.3. The predicted molar refractivity (Wildman–Crippen MR) is 65.4 cm³/mol. The zero-order valence-corrected chi connectivity index (χ0v) is 9.80. The molecule has 0 saturated carbocycles. The molecule has 4 nitrogen and oxygen atoms in total. The molecule has 1 saturated heterocycles. The molecule has 0 aliphatic carbocycles. The Bertz CT molecular complexity index is 436. The van der Waals surface area contributed by atoms with Crippen LogP contribution in [0.2, 0.25) is 0 Å². The van der Waals surface area contributed by atoms with E-state index in [-0.39, 0.29) is 11.7 Å². The second-order valence-corrected chi connectivity index (χ2v) is 4.28. The molecule has 2 rings (SSSR count). The molecule has 2 heterocycles. The summed E-state index contributed by atoms with van der Waals surface area (Å²) in [7, 11) is 1.51. The molecule has 0 bridgehead atoms. The van der Waals surface area contributed by atoms with Crippen LogP contribution in [-0.4, -0.2) is 42.3 Å². The molecule has 1 aliphatic heterocycles. The molecule has 0 spiro atoms. The molecule has 5 heteroatoms. The summed E-state index contributed by atoms with van der Waals surface area (Å²) >= 11 is 0. The molecule has 1 aromatic heterocycles. The number of pyridine rings is 1. The van der Waals surface area contributed by atoms with E-state index in [1.807, 2.05) is 23.9 Å². The molecule has 1 radical (unpaired) electrons. The summed E-state index contributed by atoms with van der Waals surface area (Å²) in [5.41, 5.74) is 1.90.